The van der Waals surface area contributed by atoms with E-state index in [2.05, 4.69) is 5.32 Å². The van der Waals surface area contributed by atoms with Crippen LogP contribution in [-0.2, 0) is 26.2 Å². The molecule has 0 saturated carbocycles. The van der Waals surface area contributed by atoms with E-state index < -0.39 is 28.5 Å². The van der Waals surface area contributed by atoms with Gasteiger partial charge in [0.25, 0.3) is 10.0 Å². The van der Waals surface area contributed by atoms with Gasteiger partial charge >= 0.3 is 0 Å². The summed E-state index contributed by atoms with van der Waals surface area (Å²) in [7, 11) is -4.14. The lowest BCUT2D eigenvalue weighted by Crippen LogP contribution is -2.52. The molecule has 0 radical (unpaired) electrons. The number of rotatable bonds is 11. The van der Waals surface area contributed by atoms with Crippen molar-refractivity contribution in [1.82, 2.24) is 10.2 Å². The molecule has 202 valence electrons. The van der Waals surface area contributed by atoms with Gasteiger partial charge in [-0.2, -0.15) is 0 Å². The van der Waals surface area contributed by atoms with Gasteiger partial charge in [0.1, 0.15) is 12.6 Å². The average molecular weight is 556 g/mol. The summed E-state index contributed by atoms with van der Waals surface area (Å²) in [6, 6.07) is 19.9. The first-order valence-corrected chi connectivity index (χ1v) is 14.4. The Morgan fingerprint density at radius 3 is 2.18 bits per heavy atom. The minimum atomic E-state index is -4.14. The second-order valence-electron chi connectivity index (χ2n) is 9.08. The van der Waals surface area contributed by atoms with E-state index in [1.54, 1.807) is 30.3 Å². The third-order valence-electron chi connectivity index (χ3n) is 6.26. The van der Waals surface area contributed by atoms with E-state index in [0.717, 1.165) is 21.0 Å². The highest BCUT2D eigenvalue weighted by Gasteiger charge is 2.33. The lowest BCUT2D eigenvalue weighted by Gasteiger charge is -2.33. The number of nitrogens with zero attached hydrogens (tertiary/aromatic N) is 2. The lowest BCUT2D eigenvalue weighted by atomic mass is 10.1. The molecule has 0 saturated heterocycles. The molecule has 0 aliphatic carbocycles. The van der Waals surface area contributed by atoms with Gasteiger partial charge in [0, 0.05) is 18.1 Å². The molecule has 0 aliphatic rings. The van der Waals surface area contributed by atoms with Crippen LogP contribution in [-0.4, -0.2) is 44.3 Å². The molecular weight excluding hydrogens is 522 g/mol. The fraction of sp³-hybridized carbons (Fsp3) is 0.310. The van der Waals surface area contributed by atoms with Gasteiger partial charge in [0.2, 0.25) is 11.8 Å². The Balaban J connectivity index is 2.07. The fourth-order valence-corrected chi connectivity index (χ4v) is 5.68. The molecule has 0 aromatic heterocycles. The van der Waals surface area contributed by atoms with Crippen molar-refractivity contribution in [3.05, 3.63) is 94.5 Å². The number of likely N-dealkylation sites (N-methyl/N-ethyl adjacent to an activating group) is 1. The number of amides is 2. The number of halogens is 1. The van der Waals surface area contributed by atoms with Crippen LogP contribution in [0, 0.1) is 13.8 Å². The standard InChI is InChI=1S/C29H34ClN3O4S/c1-5-27(29(35)31-6-2)32(19-23-10-8-7-9-11-23)28(34)20-33(24-15-14-22(4)26(30)18-24)38(36,37)25-16-12-21(3)13-17-25/h7-18,27H,5-6,19-20H2,1-4H3,(H,31,35)/t27-/m1/s1. The number of benzene rings is 3. The van der Waals surface area contributed by atoms with Crippen molar-refractivity contribution in [1.29, 1.82) is 0 Å². The molecule has 2 amide bonds. The maximum absolute atomic E-state index is 13.9. The van der Waals surface area contributed by atoms with E-state index >= 15 is 0 Å². The third kappa shape index (κ3) is 6.94. The predicted molar refractivity (Wildman–Crippen MR) is 152 cm³/mol. The summed E-state index contributed by atoms with van der Waals surface area (Å²) in [5.74, 6) is -0.787. The van der Waals surface area contributed by atoms with Crippen molar-refractivity contribution in [2.24, 2.45) is 0 Å². The van der Waals surface area contributed by atoms with Crippen molar-refractivity contribution in [2.75, 3.05) is 17.4 Å². The molecule has 38 heavy (non-hydrogen) atoms. The summed E-state index contributed by atoms with van der Waals surface area (Å²) in [5, 5.41) is 3.18. The number of carbonyl (C=O) groups is 2. The molecule has 3 aromatic rings. The molecule has 0 aliphatic heterocycles. The Bertz CT molecular complexity index is 1360. The minimum Gasteiger partial charge on any atom is -0.355 e. The Morgan fingerprint density at radius 2 is 1.61 bits per heavy atom. The fourth-order valence-electron chi connectivity index (χ4n) is 4.09. The number of aryl methyl sites for hydroxylation is 2. The molecule has 3 rings (SSSR count). The summed E-state index contributed by atoms with van der Waals surface area (Å²) in [5.41, 5.74) is 2.78. The lowest BCUT2D eigenvalue weighted by molar-refractivity contribution is -0.140. The largest absolute Gasteiger partial charge is 0.355 e. The van der Waals surface area contributed by atoms with Gasteiger partial charge < -0.3 is 10.2 Å². The Hall–Kier alpha value is -3.36. The number of carbonyl (C=O) groups excluding carboxylic acids is 2. The highest BCUT2D eigenvalue weighted by molar-refractivity contribution is 7.92. The number of anilines is 1. The molecule has 3 aromatic carbocycles. The molecule has 0 spiro atoms. The maximum Gasteiger partial charge on any atom is 0.264 e. The third-order valence-corrected chi connectivity index (χ3v) is 8.46. The number of sulfonamides is 1. The van der Waals surface area contributed by atoms with Gasteiger partial charge in [0.05, 0.1) is 10.6 Å². The zero-order chi connectivity index (χ0) is 27.9. The monoisotopic (exact) mass is 555 g/mol. The van der Waals surface area contributed by atoms with Crippen molar-refractivity contribution in [3.63, 3.8) is 0 Å². The number of hydrogen-bond acceptors (Lipinski definition) is 4. The normalized spacial score (nSPS) is 12.0. The second kappa shape index (κ2) is 12.9. The van der Waals surface area contributed by atoms with E-state index in [9.17, 15) is 18.0 Å². The first-order chi connectivity index (χ1) is 18.1. The van der Waals surface area contributed by atoms with Gasteiger partial charge in [-0.1, -0.05) is 72.6 Å². The summed E-state index contributed by atoms with van der Waals surface area (Å²) in [4.78, 5) is 28.4. The summed E-state index contributed by atoms with van der Waals surface area (Å²) >= 11 is 6.36. The summed E-state index contributed by atoms with van der Waals surface area (Å²) < 4.78 is 28.8. The molecule has 7 nitrogen and oxygen atoms in total. The Labute approximate surface area is 230 Å². The van der Waals surface area contributed by atoms with E-state index in [4.69, 9.17) is 11.6 Å². The van der Waals surface area contributed by atoms with Crippen LogP contribution >= 0.6 is 11.6 Å². The van der Waals surface area contributed by atoms with Crippen LogP contribution in [0.15, 0.2) is 77.7 Å². The van der Waals surface area contributed by atoms with Gasteiger partial charge in [-0.15, -0.1) is 0 Å². The quantitative estimate of drug-likeness (QED) is 0.357. The van der Waals surface area contributed by atoms with Crippen molar-refractivity contribution >= 4 is 39.1 Å². The van der Waals surface area contributed by atoms with Gasteiger partial charge in [-0.3, -0.25) is 13.9 Å². The Kier molecular flexibility index (Phi) is 9.94. The van der Waals surface area contributed by atoms with Crippen molar-refractivity contribution in [3.8, 4) is 0 Å². The SMILES string of the molecule is CCNC(=O)[C@@H](CC)N(Cc1ccccc1)C(=O)CN(c1ccc(C)c(Cl)c1)S(=O)(=O)c1ccc(C)cc1. The molecule has 0 heterocycles. The highest BCUT2D eigenvalue weighted by Crippen LogP contribution is 2.29. The molecule has 0 fully saturated rings. The molecule has 1 N–H and O–H groups in total. The summed E-state index contributed by atoms with van der Waals surface area (Å²) in [6.45, 7) is 7.39. The van der Waals surface area contributed by atoms with Gasteiger partial charge in [-0.05, 0) is 62.6 Å². The van der Waals surface area contributed by atoms with Crippen molar-refractivity contribution in [2.45, 2.75) is 51.6 Å². The zero-order valence-corrected chi connectivity index (χ0v) is 23.7. The van der Waals surface area contributed by atoms with Crippen molar-refractivity contribution < 1.29 is 18.0 Å². The predicted octanol–water partition coefficient (Wildman–Crippen LogP) is 5.10. The maximum atomic E-state index is 13.9. The van der Waals surface area contributed by atoms with Crippen LogP contribution in [0.4, 0.5) is 5.69 Å². The number of hydrogen-bond donors (Lipinski definition) is 1. The van der Waals surface area contributed by atoms with Crippen LogP contribution in [0.5, 0.6) is 0 Å². The average Bonchev–Trinajstić information content (AvgIpc) is 2.89. The second-order valence-corrected chi connectivity index (χ2v) is 11.4. The minimum absolute atomic E-state index is 0.0537. The Morgan fingerprint density at radius 1 is 0.947 bits per heavy atom. The first kappa shape index (κ1) is 29.2. The first-order valence-electron chi connectivity index (χ1n) is 12.5. The van der Waals surface area contributed by atoms with Crippen LogP contribution in [0.1, 0.15) is 37.0 Å². The molecular formula is C29H34ClN3O4S. The van der Waals surface area contributed by atoms with Gasteiger partial charge in [-0.25, -0.2) is 8.42 Å². The van der Waals surface area contributed by atoms with E-state index in [1.165, 1.54) is 17.0 Å². The smallest absolute Gasteiger partial charge is 0.264 e. The van der Waals surface area contributed by atoms with E-state index in [0.29, 0.717) is 18.0 Å². The van der Waals surface area contributed by atoms with Crippen LogP contribution < -0.4 is 9.62 Å². The summed E-state index contributed by atoms with van der Waals surface area (Å²) in [6.07, 6.45) is 0.367. The van der Waals surface area contributed by atoms with E-state index in [-0.39, 0.29) is 23.0 Å². The van der Waals surface area contributed by atoms with E-state index in [1.807, 2.05) is 58.0 Å². The molecule has 0 unspecified atom stereocenters. The number of nitrogens with one attached hydrogen (secondary N) is 1. The zero-order valence-electron chi connectivity index (χ0n) is 22.1. The topological polar surface area (TPSA) is 86.8 Å². The molecule has 1 atom stereocenters. The van der Waals surface area contributed by atoms with Crippen LogP contribution in [0.3, 0.4) is 0 Å². The van der Waals surface area contributed by atoms with Gasteiger partial charge in [0.15, 0.2) is 0 Å². The highest BCUT2D eigenvalue weighted by atomic mass is 35.5. The van der Waals surface area contributed by atoms with Crippen LogP contribution in [0.2, 0.25) is 5.02 Å². The molecule has 0 bridgehead atoms. The van der Waals surface area contributed by atoms with Crippen LogP contribution in [0.25, 0.3) is 0 Å². The molecule has 9 heteroatoms.